The first kappa shape index (κ1) is 14.3. The Labute approximate surface area is 120 Å². The highest BCUT2D eigenvalue weighted by molar-refractivity contribution is 7.98. The Hall–Kier alpha value is -2.08. The fourth-order valence-electron chi connectivity index (χ4n) is 1.60. The van der Waals surface area contributed by atoms with Crippen LogP contribution in [0.15, 0.2) is 47.6 Å². The second-order valence-electron chi connectivity index (χ2n) is 4.01. The SMILES string of the molecule is CSc1ccc(NC(=O)NCc2ccncc2)cc1F. The molecule has 0 aliphatic heterocycles. The number of thioether (sulfide) groups is 1. The molecule has 2 N–H and O–H groups in total. The summed E-state index contributed by atoms with van der Waals surface area (Å²) in [7, 11) is 0. The molecule has 2 amide bonds. The van der Waals surface area contributed by atoms with E-state index in [1.54, 1.807) is 30.8 Å². The Morgan fingerprint density at radius 2 is 2.05 bits per heavy atom. The second-order valence-corrected chi connectivity index (χ2v) is 4.86. The molecule has 20 heavy (non-hydrogen) atoms. The zero-order valence-electron chi connectivity index (χ0n) is 10.9. The summed E-state index contributed by atoms with van der Waals surface area (Å²) in [5.41, 5.74) is 1.37. The highest BCUT2D eigenvalue weighted by Gasteiger charge is 2.05. The summed E-state index contributed by atoms with van der Waals surface area (Å²) in [5, 5.41) is 5.28. The highest BCUT2D eigenvalue weighted by atomic mass is 32.2. The van der Waals surface area contributed by atoms with E-state index >= 15 is 0 Å². The molecule has 1 aromatic carbocycles. The Balaban J connectivity index is 1.90. The lowest BCUT2D eigenvalue weighted by atomic mass is 10.3. The van der Waals surface area contributed by atoms with Crippen LogP contribution in [0.25, 0.3) is 0 Å². The lowest BCUT2D eigenvalue weighted by molar-refractivity contribution is 0.251. The van der Waals surface area contributed by atoms with E-state index in [4.69, 9.17) is 0 Å². The summed E-state index contributed by atoms with van der Waals surface area (Å²) in [6.07, 6.45) is 5.11. The molecular weight excluding hydrogens is 277 g/mol. The summed E-state index contributed by atoms with van der Waals surface area (Å²) in [6, 6.07) is 7.86. The van der Waals surface area contributed by atoms with E-state index in [1.165, 1.54) is 17.8 Å². The van der Waals surface area contributed by atoms with Crippen LogP contribution in [-0.2, 0) is 6.54 Å². The van der Waals surface area contributed by atoms with E-state index in [0.29, 0.717) is 17.1 Å². The Bertz CT molecular complexity index is 592. The van der Waals surface area contributed by atoms with E-state index in [9.17, 15) is 9.18 Å². The van der Waals surface area contributed by atoms with Crippen molar-refractivity contribution in [3.05, 3.63) is 54.1 Å². The van der Waals surface area contributed by atoms with Gasteiger partial charge in [0.1, 0.15) is 5.82 Å². The van der Waals surface area contributed by atoms with Crippen LogP contribution in [0, 0.1) is 5.82 Å². The third-order valence-corrected chi connectivity index (χ3v) is 3.38. The van der Waals surface area contributed by atoms with Crippen LogP contribution in [0.5, 0.6) is 0 Å². The van der Waals surface area contributed by atoms with Crippen LogP contribution in [0.2, 0.25) is 0 Å². The van der Waals surface area contributed by atoms with Crippen LogP contribution < -0.4 is 10.6 Å². The zero-order valence-corrected chi connectivity index (χ0v) is 11.7. The molecule has 2 rings (SSSR count). The van der Waals surface area contributed by atoms with Crippen molar-refractivity contribution in [3.8, 4) is 0 Å². The quantitative estimate of drug-likeness (QED) is 0.850. The molecule has 0 bridgehead atoms. The molecule has 2 aromatic rings. The maximum absolute atomic E-state index is 13.6. The molecule has 0 aliphatic rings. The van der Waals surface area contributed by atoms with E-state index in [-0.39, 0.29) is 11.8 Å². The Kier molecular flexibility index (Phi) is 4.95. The van der Waals surface area contributed by atoms with Crippen LogP contribution in [0.4, 0.5) is 14.9 Å². The molecule has 0 saturated carbocycles. The van der Waals surface area contributed by atoms with Gasteiger partial charge in [-0.2, -0.15) is 0 Å². The lowest BCUT2D eigenvalue weighted by Gasteiger charge is -2.08. The van der Waals surface area contributed by atoms with Crippen molar-refractivity contribution in [3.63, 3.8) is 0 Å². The van der Waals surface area contributed by atoms with Crippen molar-refractivity contribution in [2.45, 2.75) is 11.4 Å². The minimum Gasteiger partial charge on any atom is -0.334 e. The number of hydrogen-bond donors (Lipinski definition) is 2. The average molecular weight is 291 g/mol. The number of carbonyl (C=O) groups is 1. The summed E-state index contributed by atoms with van der Waals surface area (Å²) in [4.78, 5) is 16.1. The molecule has 6 heteroatoms. The fraction of sp³-hybridized carbons (Fsp3) is 0.143. The summed E-state index contributed by atoms with van der Waals surface area (Å²) < 4.78 is 13.6. The zero-order chi connectivity index (χ0) is 14.4. The minimum atomic E-state index is -0.377. The number of nitrogens with one attached hydrogen (secondary N) is 2. The van der Waals surface area contributed by atoms with Gasteiger partial charge in [-0.05, 0) is 42.2 Å². The Morgan fingerprint density at radius 1 is 1.30 bits per heavy atom. The predicted molar refractivity (Wildman–Crippen MR) is 78.3 cm³/mol. The van der Waals surface area contributed by atoms with Gasteiger partial charge in [-0.15, -0.1) is 11.8 Å². The summed E-state index contributed by atoms with van der Waals surface area (Å²) in [6.45, 7) is 0.389. The van der Waals surface area contributed by atoms with E-state index in [0.717, 1.165) is 5.56 Å². The number of halogens is 1. The van der Waals surface area contributed by atoms with Crippen LogP contribution in [-0.4, -0.2) is 17.3 Å². The van der Waals surface area contributed by atoms with Crippen molar-refractivity contribution in [1.29, 1.82) is 0 Å². The number of rotatable bonds is 4. The number of nitrogens with zero attached hydrogens (tertiary/aromatic N) is 1. The first-order chi connectivity index (χ1) is 9.69. The number of hydrogen-bond acceptors (Lipinski definition) is 3. The number of aromatic nitrogens is 1. The van der Waals surface area contributed by atoms with Gasteiger partial charge in [-0.25, -0.2) is 9.18 Å². The number of pyridine rings is 1. The van der Waals surface area contributed by atoms with Crippen LogP contribution in [0.1, 0.15) is 5.56 Å². The maximum Gasteiger partial charge on any atom is 0.319 e. The van der Waals surface area contributed by atoms with Gasteiger partial charge in [-0.1, -0.05) is 0 Å². The van der Waals surface area contributed by atoms with Crippen molar-refractivity contribution in [2.75, 3.05) is 11.6 Å². The van der Waals surface area contributed by atoms with Gasteiger partial charge in [0, 0.05) is 29.5 Å². The Morgan fingerprint density at radius 3 is 2.70 bits per heavy atom. The number of carbonyl (C=O) groups excluding carboxylic acids is 1. The molecule has 104 valence electrons. The largest absolute Gasteiger partial charge is 0.334 e. The molecule has 1 heterocycles. The molecule has 0 saturated heterocycles. The van der Waals surface area contributed by atoms with E-state index in [2.05, 4.69) is 15.6 Å². The first-order valence-electron chi connectivity index (χ1n) is 5.96. The van der Waals surface area contributed by atoms with Crippen LogP contribution in [0.3, 0.4) is 0 Å². The topological polar surface area (TPSA) is 54.0 Å². The van der Waals surface area contributed by atoms with Crippen LogP contribution >= 0.6 is 11.8 Å². The van der Waals surface area contributed by atoms with Gasteiger partial charge in [-0.3, -0.25) is 4.98 Å². The average Bonchev–Trinajstić information content (AvgIpc) is 2.46. The molecule has 0 spiro atoms. The summed E-state index contributed by atoms with van der Waals surface area (Å²) >= 11 is 1.32. The van der Waals surface area contributed by atoms with Crippen molar-refractivity contribution in [1.82, 2.24) is 10.3 Å². The third-order valence-electron chi connectivity index (χ3n) is 2.61. The molecule has 1 aromatic heterocycles. The highest BCUT2D eigenvalue weighted by Crippen LogP contribution is 2.22. The van der Waals surface area contributed by atoms with E-state index < -0.39 is 0 Å². The van der Waals surface area contributed by atoms with Gasteiger partial charge in [0.05, 0.1) is 0 Å². The van der Waals surface area contributed by atoms with Gasteiger partial charge in [0.15, 0.2) is 0 Å². The smallest absolute Gasteiger partial charge is 0.319 e. The predicted octanol–water partition coefficient (Wildman–Crippen LogP) is 3.26. The number of benzene rings is 1. The number of amides is 2. The molecule has 0 radical (unpaired) electrons. The maximum atomic E-state index is 13.6. The molecule has 0 atom stereocenters. The fourth-order valence-corrected chi connectivity index (χ4v) is 2.06. The second kappa shape index (κ2) is 6.91. The monoisotopic (exact) mass is 291 g/mol. The van der Waals surface area contributed by atoms with Crippen molar-refractivity contribution in [2.24, 2.45) is 0 Å². The molecule has 0 fully saturated rings. The molecule has 4 nitrogen and oxygen atoms in total. The number of urea groups is 1. The first-order valence-corrected chi connectivity index (χ1v) is 7.19. The standard InChI is InChI=1S/C14H14FN3OS/c1-20-13-3-2-11(8-12(13)15)18-14(19)17-9-10-4-6-16-7-5-10/h2-8H,9H2,1H3,(H2,17,18,19). The third kappa shape index (κ3) is 3.96. The summed E-state index contributed by atoms with van der Waals surface area (Å²) in [5.74, 6) is -0.343. The minimum absolute atomic E-state index is 0.343. The molecule has 0 unspecified atom stereocenters. The lowest BCUT2D eigenvalue weighted by Crippen LogP contribution is -2.28. The molecular formula is C14H14FN3OS. The van der Waals surface area contributed by atoms with Gasteiger partial charge < -0.3 is 10.6 Å². The number of anilines is 1. The van der Waals surface area contributed by atoms with Gasteiger partial charge in [0.2, 0.25) is 0 Å². The van der Waals surface area contributed by atoms with Gasteiger partial charge in [0.25, 0.3) is 0 Å². The van der Waals surface area contributed by atoms with Crippen molar-refractivity contribution >= 4 is 23.5 Å². The normalized spacial score (nSPS) is 10.1. The van der Waals surface area contributed by atoms with E-state index in [1.807, 2.05) is 12.1 Å². The molecule has 0 aliphatic carbocycles. The van der Waals surface area contributed by atoms with Crippen molar-refractivity contribution < 1.29 is 9.18 Å². The van der Waals surface area contributed by atoms with Gasteiger partial charge >= 0.3 is 6.03 Å².